The molecule has 0 heterocycles. The van der Waals surface area contributed by atoms with Crippen LogP contribution in [0.25, 0.3) is 0 Å². The summed E-state index contributed by atoms with van der Waals surface area (Å²) in [6.45, 7) is 1.75. The van der Waals surface area contributed by atoms with Crippen molar-refractivity contribution in [2.45, 2.75) is 19.5 Å². The molecule has 2 amide bonds. The zero-order chi connectivity index (χ0) is 13.5. The zero-order valence-electron chi connectivity index (χ0n) is 9.94. The molecular formula is C12H15ClN2O2S. The summed E-state index contributed by atoms with van der Waals surface area (Å²) in [7, 11) is 0. The van der Waals surface area contributed by atoms with Crippen molar-refractivity contribution < 1.29 is 9.59 Å². The number of amides is 2. The molecule has 1 aromatic carbocycles. The van der Waals surface area contributed by atoms with Crippen LogP contribution in [0.15, 0.2) is 24.3 Å². The Hall–Kier alpha value is -1.20. The molecule has 1 aromatic rings. The fourth-order valence-electron chi connectivity index (χ4n) is 1.35. The number of nitrogens with one attached hydrogen (secondary N) is 2. The lowest BCUT2D eigenvalue weighted by Gasteiger charge is -2.15. The third kappa shape index (κ3) is 4.98. The average molecular weight is 287 g/mol. The molecule has 18 heavy (non-hydrogen) atoms. The number of halogens is 1. The Morgan fingerprint density at radius 3 is 2.44 bits per heavy atom. The molecule has 6 heteroatoms. The van der Waals surface area contributed by atoms with Crippen molar-refractivity contribution in [2.75, 3.05) is 5.75 Å². The molecule has 0 aliphatic rings. The maximum Gasteiger partial charge on any atom is 0.243 e. The van der Waals surface area contributed by atoms with Crippen LogP contribution < -0.4 is 10.6 Å². The van der Waals surface area contributed by atoms with E-state index < -0.39 is 6.04 Å². The van der Waals surface area contributed by atoms with Gasteiger partial charge in [-0.25, -0.2) is 0 Å². The minimum atomic E-state index is -0.613. The first-order valence-electron chi connectivity index (χ1n) is 5.43. The van der Waals surface area contributed by atoms with Crippen molar-refractivity contribution >= 4 is 36.0 Å². The van der Waals surface area contributed by atoms with Gasteiger partial charge in [0.25, 0.3) is 0 Å². The maximum atomic E-state index is 11.7. The van der Waals surface area contributed by atoms with E-state index in [4.69, 9.17) is 11.6 Å². The molecule has 0 saturated heterocycles. The second kappa shape index (κ2) is 7.28. The van der Waals surface area contributed by atoms with Crippen molar-refractivity contribution in [2.24, 2.45) is 0 Å². The monoisotopic (exact) mass is 286 g/mol. The van der Waals surface area contributed by atoms with Crippen LogP contribution >= 0.6 is 24.2 Å². The van der Waals surface area contributed by atoms with Crippen molar-refractivity contribution in [1.82, 2.24) is 10.6 Å². The molecule has 0 aromatic heterocycles. The average Bonchev–Trinajstić information content (AvgIpc) is 2.34. The number of hydrogen-bond donors (Lipinski definition) is 3. The van der Waals surface area contributed by atoms with Crippen LogP contribution in [0.3, 0.4) is 0 Å². The van der Waals surface area contributed by atoms with Gasteiger partial charge in [-0.3, -0.25) is 9.59 Å². The van der Waals surface area contributed by atoms with Gasteiger partial charge < -0.3 is 10.6 Å². The Balaban J connectivity index is 2.49. The van der Waals surface area contributed by atoms with Gasteiger partial charge >= 0.3 is 0 Å². The molecule has 0 aliphatic heterocycles. The van der Waals surface area contributed by atoms with E-state index in [0.29, 0.717) is 11.6 Å². The van der Waals surface area contributed by atoms with E-state index in [2.05, 4.69) is 23.3 Å². The number of benzene rings is 1. The normalized spacial score (nSPS) is 11.7. The highest BCUT2D eigenvalue weighted by atomic mass is 35.5. The predicted molar refractivity (Wildman–Crippen MR) is 74.8 cm³/mol. The maximum absolute atomic E-state index is 11.7. The molecule has 98 valence electrons. The Morgan fingerprint density at radius 2 is 1.94 bits per heavy atom. The highest BCUT2D eigenvalue weighted by molar-refractivity contribution is 7.80. The van der Waals surface area contributed by atoms with E-state index in [1.54, 1.807) is 12.1 Å². The molecule has 2 N–H and O–H groups in total. The van der Waals surface area contributed by atoms with Crippen molar-refractivity contribution in [3.63, 3.8) is 0 Å². The molecule has 1 unspecified atom stereocenters. The Kier molecular flexibility index (Phi) is 6.01. The second-order valence-electron chi connectivity index (χ2n) is 3.78. The van der Waals surface area contributed by atoms with Gasteiger partial charge in [0.05, 0.1) is 0 Å². The molecule has 4 nitrogen and oxygen atoms in total. The molecule has 0 aliphatic carbocycles. The fraction of sp³-hybridized carbons (Fsp3) is 0.333. The minimum absolute atomic E-state index is 0.254. The lowest BCUT2D eigenvalue weighted by Crippen LogP contribution is -2.47. The quantitative estimate of drug-likeness (QED) is 0.717. The molecule has 0 spiro atoms. The van der Waals surface area contributed by atoms with Crippen LogP contribution in [0.4, 0.5) is 0 Å². The summed E-state index contributed by atoms with van der Waals surface area (Å²) in [6.07, 6.45) is 0. The predicted octanol–water partition coefficient (Wildman–Crippen LogP) is 1.39. The van der Waals surface area contributed by atoms with Crippen LogP contribution in [0, 0.1) is 0 Å². The molecule has 0 fully saturated rings. The molecular weight excluding hydrogens is 272 g/mol. The fourth-order valence-corrected chi connectivity index (χ4v) is 1.74. The van der Waals surface area contributed by atoms with Crippen LogP contribution in [-0.2, 0) is 16.1 Å². The number of rotatable bonds is 5. The number of thiol groups is 1. The van der Waals surface area contributed by atoms with E-state index in [1.165, 1.54) is 6.92 Å². The SMILES string of the molecule is CC(=O)NC(CS)C(=O)NCc1ccc(Cl)cc1. The lowest BCUT2D eigenvalue weighted by molar-refractivity contribution is -0.127. The standard InChI is InChI=1S/C12H15ClN2O2S/c1-8(16)15-11(7-18)12(17)14-6-9-2-4-10(13)5-3-9/h2-5,11,18H,6-7H2,1H3,(H,14,17)(H,15,16). The van der Waals surface area contributed by atoms with E-state index in [-0.39, 0.29) is 17.6 Å². The van der Waals surface area contributed by atoms with E-state index in [9.17, 15) is 9.59 Å². The van der Waals surface area contributed by atoms with Gasteiger partial charge in [-0.05, 0) is 17.7 Å². The third-order valence-electron chi connectivity index (χ3n) is 2.26. The summed E-state index contributed by atoms with van der Waals surface area (Å²) in [5.41, 5.74) is 0.938. The van der Waals surface area contributed by atoms with E-state index in [1.807, 2.05) is 12.1 Å². The first-order chi connectivity index (χ1) is 8.52. The van der Waals surface area contributed by atoms with E-state index in [0.717, 1.165) is 5.56 Å². The highest BCUT2D eigenvalue weighted by Gasteiger charge is 2.16. The van der Waals surface area contributed by atoms with Crippen molar-refractivity contribution in [1.29, 1.82) is 0 Å². The summed E-state index contributed by atoms with van der Waals surface area (Å²) >= 11 is 9.79. The van der Waals surface area contributed by atoms with Gasteiger partial charge in [0.15, 0.2) is 0 Å². The molecule has 0 saturated carbocycles. The van der Waals surface area contributed by atoms with Crippen LogP contribution in [0.2, 0.25) is 5.02 Å². The Bertz CT molecular complexity index is 423. The van der Waals surface area contributed by atoms with Gasteiger partial charge in [-0.15, -0.1) is 0 Å². The smallest absolute Gasteiger partial charge is 0.243 e. The van der Waals surface area contributed by atoms with Crippen LogP contribution in [0.1, 0.15) is 12.5 Å². The van der Waals surface area contributed by atoms with E-state index >= 15 is 0 Å². The number of hydrogen-bond acceptors (Lipinski definition) is 3. The lowest BCUT2D eigenvalue weighted by atomic mass is 10.2. The Labute approximate surface area is 117 Å². The molecule has 0 radical (unpaired) electrons. The van der Waals surface area contributed by atoms with Crippen LogP contribution in [0.5, 0.6) is 0 Å². The molecule has 1 atom stereocenters. The first kappa shape index (κ1) is 14.9. The third-order valence-corrected chi connectivity index (χ3v) is 2.87. The Morgan fingerprint density at radius 1 is 1.33 bits per heavy atom. The summed E-state index contributed by atoms with van der Waals surface area (Å²) in [5.74, 6) is -0.252. The number of carbonyl (C=O) groups excluding carboxylic acids is 2. The zero-order valence-corrected chi connectivity index (χ0v) is 11.6. The summed E-state index contributed by atoms with van der Waals surface area (Å²) in [5, 5.41) is 5.90. The van der Waals surface area contributed by atoms with Crippen LogP contribution in [-0.4, -0.2) is 23.6 Å². The van der Waals surface area contributed by atoms with Crippen molar-refractivity contribution in [3.05, 3.63) is 34.9 Å². The molecule has 0 bridgehead atoms. The van der Waals surface area contributed by atoms with Gasteiger partial charge in [0.1, 0.15) is 6.04 Å². The van der Waals surface area contributed by atoms with Gasteiger partial charge in [-0.2, -0.15) is 12.6 Å². The topological polar surface area (TPSA) is 58.2 Å². The molecule has 1 rings (SSSR count). The summed E-state index contributed by atoms with van der Waals surface area (Å²) in [4.78, 5) is 22.6. The van der Waals surface area contributed by atoms with Gasteiger partial charge in [0.2, 0.25) is 11.8 Å². The second-order valence-corrected chi connectivity index (χ2v) is 4.58. The minimum Gasteiger partial charge on any atom is -0.350 e. The largest absolute Gasteiger partial charge is 0.350 e. The van der Waals surface area contributed by atoms with Gasteiger partial charge in [0, 0.05) is 24.2 Å². The first-order valence-corrected chi connectivity index (χ1v) is 6.44. The van der Waals surface area contributed by atoms with Gasteiger partial charge in [-0.1, -0.05) is 23.7 Å². The summed E-state index contributed by atoms with van der Waals surface area (Å²) in [6, 6.07) is 6.56. The number of carbonyl (C=O) groups is 2. The summed E-state index contributed by atoms with van der Waals surface area (Å²) < 4.78 is 0. The highest BCUT2D eigenvalue weighted by Crippen LogP contribution is 2.09. The van der Waals surface area contributed by atoms with Crippen molar-refractivity contribution in [3.8, 4) is 0 Å².